The molecule has 4 nitrogen and oxygen atoms in total. The van der Waals surface area contributed by atoms with Crippen LogP contribution in [0.2, 0.25) is 0 Å². The van der Waals surface area contributed by atoms with Crippen LogP contribution in [0.1, 0.15) is 43.4 Å². The van der Waals surface area contributed by atoms with Crippen molar-refractivity contribution < 1.29 is 9.53 Å². The number of methoxy groups -OCH3 is 1. The van der Waals surface area contributed by atoms with E-state index in [-0.39, 0.29) is 11.9 Å². The lowest BCUT2D eigenvalue weighted by Crippen LogP contribution is -2.41. The van der Waals surface area contributed by atoms with Gasteiger partial charge in [-0.3, -0.25) is 4.79 Å². The lowest BCUT2D eigenvalue weighted by atomic mass is 9.81. The van der Waals surface area contributed by atoms with Gasteiger partial charge in [-0.1, -0.05) is 31.5 Å². The van der Waals surface area contributed by atoms with Gasteiger partial charge in [0.1, 0.15) is 0 Å². The molecule has 1 N–H and O–H groups in total. The van der Waals surface area contributed by atoms with Gasteiger partial charge < -0.3 is 14.6 Å². The van der Waals surface area contributed by atoms with Gasteiger partial charge in [0.05, 0.1) is 13.0 Å². The maximum absolute atomic E-state index is 12.6. The molecule has 1 fully saturated rings. The quantitative estimate of drug-likeness (QED) is 0.848. The van der Waals surface area contributed by atoms with Crippen LogP contribution in [0.3, 0.4) is 0 Å². The van der Waals surface area contributed by atoms with Crippen LogP contribution in [-0.2, 0) is 16.0 Å². The smallest absolute Gasteiger partial charge is 0.314 e. The molecule has 0 radical (unpaired) electrons. The van der Waals surface area contributed by atoms with Crippen molar-refractivity contribution >= 4 is 16.9 Å². The standard InChI is InChI=1S/C21H28N2O2/c1-3-14-10-15-11-18(21(24)25-2)20-17(8-9-23(12-14)13-15)16-6-4-5-7-19(16)22-20/h4-7,14-15,18,22H,3,8-13H2,1-2H3/t14-,15+,18+/m1/s1. The van der Waals surface area contributed by atoms with E-state index in [1.54, 1.807) is 0 Å². The number of esters is 1. The summed E-state index contributed by atoms with van der Waals surface area (Å²) in [7, 11) is 1.51. The Morgan fingerprint density at radius 1 is 1.28 bits per heavy atom. The fourth-order valence-electron chi connectivity index (χ4n) is 4.94. The average Bonchev–Trinajstić information content (AvgIpc) is 3.02. The van der Waals surface area contributed by atoms with Crippen molar-refractivity contribution in [2.24, 2.45) is 11.8 Å². The molecule has 0 aliphatic carbocycles. The molecular formula is C21H28N2O2. The molecule has 134 valence electrons. The number of aromatic nitrogens is 1. The van der Waals surface area contributed by atoms with E-state index in [0.717, 1.165) is 43.1 Å². The summed E-state index contributed by atoms with van der Waals surface area (Å²) in [5.41, 5.74) is 3.54. The van der Waals surface area contributed by atoms with E-state index in [2.05, 4.69) is 41.1 Å². The van der Waals surface area contributed by atoms with Gasteiger partial charge in [0.2, 0.25) is 0 Å². The van der Waals surface area contributed by atoms with Crippen molar-refractivity contribution in [1.82, 2.24) is 9.88 Å². The van der Waals surface area contributed by atoms with Crippen molar-refractivity contribution in [3.63, 3.8) is 0 Å². The Morgan fingerprint density at radius 2 is 2.12 bits per heavy atom. The van der Waals surface area contributed by atoms with E-state index >= 15 is 0 Å². The van der Waals surface area contributed by atoms with Crippen molar-refractivity contribution in [3.8, 4) is 0 Å². The first-order valence-corrected chi connectivity index (χ1v) is 9.59. The number of para-hydroxylation sites is 1. The molecule has 3 heterocycles. The maximum Gasteiger partial charge on any atom is 0.314 e. The zero-order valence-corrected chi connectivity index (χ0v) is 15.3. The number of rotatable bonds is 2. The SMILES string of the molecule is CC[C@@H]1C[C@H]2C[C@H](C(=O)OC)c3[nH]c4ccccc4c3CCN(C1)C2. The number of ether oxygens (including phenoxy) is 1. The zero-order chi connectivity index (χ0) is 17.4. The van der Waals surface area contributed by atoms with Crippen molar-refractivity contribution in [3.05, 3.63) is 35.5 Å². The average molecular weight is 340 g/mol. The van der Waals surface area contributed by atoms with Crippen LogP contribution >= 0.6 is 0 Å². The monoisotopic (exact) mass is 340 g/mol. The molecule has 1 unspecified atom stereocenters. The Hall–Kier alpha value is -1.81. The van der Waals surface area contributed by atoms with Gasteiger partial charge in [-0.05, 0) is 42.7 Å². The minimum atomic E-state index is -0.173. The van der Waals surface area contributed by atoms with Crippen LogP contribution in [0.4, 0.5) is 0 Å². The molecule has 1 saturated heterocycles. The summed E-state index contributed by atoms with van der Waals surface area (Å²) in [5, 5.41) is 1.26. The van der Waals surface area contributed by atoms with Gasteiger partial charge >= 0.3 is 5.97 Å². The second-order valence-corrected chi connectivity index (χ2v) is 7.76. The van der Waals surface area contributed by atoms with E-state index in [1.807, 2.05) is 0 Å². The number of nitrogens with zero attached hydrogens (tertiary/aromatic N) is 1. The molecule has 1 aromatic carbocycles. The molecule has 4 rings (SSSR count). The summed E-state index contributed by atoms with van der Waals surface area (Å²) in [6.07, 6.45) is 4.34. The minimum absolute atomic E-state index is 0.0973. The van der Waals surface area contributed by atoms with E-state index in [0.29, 0.717) is 5.92 Å². The second kappa shape index (κ2) is 6.83. The summed E-state index contributed by atoms with van der Waals surface area (Å²) >= 11 is 0. The highest BCUT2D eigenvalue weighted by atomic mass is 16.5. The third-order valence-corrected chi connectivity index (χ3v) is 6.20. The molecule has 0 saturated carbocycles. The van der Waals surface area contributed by atoms with E-state index in [4.69, 9.17) is 4.74 Å². The first-order chi connectivity index (χ1) is 12.2. The summed E-state index contributed by atoms with van der Waals surface area (Å²) in [4.78, 5) is 18.8. The number of H-pyrrole nitrogens is 1. The number of aromatic amines is 1. The Labute approximate surface area is 149 Å². The summed E-state index contributed by atoms with van der Waals surface area (Å²) < 4.78 is 5.20. The Bertz CT molecular complexity index is 766. The number of fused-ring (bicyclic) bond motifs is 5. The molecule has 2 aliphatic heterocycles. The highest BCUT2D eigenvalue weighted by Gasteiger charge is 2.35. The molecule has 2 aliphatic rings. The highest BCUT2D eigenvalue weighted by molar-refractivity contribution is 5.88. The van der Waals surface area contributed by atoms with Gasteiger partial charge in [0.25, 0.3) is 0 Å². The predicted molar refractivity (Wildman–Crippen MR) is 99.7 cm³/mol. The largest absolute Gasteiger partial charge is 0.469 e. The molecular weight excluding hydrogens is 312 g/mol. The molecule has 4 atom stereocenters. The number of hydrogen-bond acceptors (Lipinski definition) is 3. The molecule has 2 bridgehead atoms. The van der Waals surface area contributed by atoms with Gasteiger partial charge in [0.15, 0.2) is 0 Å². The first kappa shape index (κ1) is 16.6. The fourth-order valence-corrected chi connectivity index (χ4v) is 4.94. The third kappa shape index (κ3) is 3.08. The van der Waals surface area contributed by atoms with Crippen molar-refractivity contribution in [1.29, 1.82) is 0 Å². The predicted octanol–water partition coefficient (Wildman–Crippen LogP) is 3.72. The highest BCUT2D eigenvalue weighted by Crippen LogP contribution is 2.38. The molecule has 0 spiro atoms. The third-order valence-electron chi connectivity index (χ3n) is 6.20. The Morgan fingerprint density at radius 3 is 2.92 bits per heavy atom. The second-order valence-electron chi connectivity index (χ2n) is 7.76. The van der Waals surface area contributed by atoms with Crippen LogP contribution in [0.15, 0.2) is 24.3 Å². The van der Waals surface area contributed by atoms with Gasteiger partial charge in [-0.2, -0.15) is 0 Å². The fraction of sp³-hybridized carbons (Fsp3) is 0.571. The number of carbonyl (C=O) groups excluding carboxylic acids is 1. The first-order valence-electron chi connectivity index (χ1n) is 9.59. The Balaban J connectivity index is 1.78. The molecule has 1 aromatic heterocycles. The molecule has 4 heteroatoms. The summed E-state index contributed by atoms with van der Waals surface area (Å²) in [6, 6.07) is 8.42. The number of piperidine rings is 1. The topological polar surface area (TPSA) is 45.3 Å². The lowest BCUT2D eigenvalue weighted by Gasteiger charge is -2.37. The number of hydrogen-bond donors (Lipinski definition) is 1. The number of benzene rings is 1. The molecule has 25 heavy (non-hydrogen) atoms. The van der Waals surface area contributed by atoms with Crippen molar-refractivity contribution in [2.45, 2.75) is 38.5 Å². The Kier molecular flexibility index (Phi) is 4.55. The lowest BCUT2D eigenvalue weighted by molar-refractivity contribution is -0.143. The van der Waals surface area contributed by atoms with Crippen molar-refractivity contribution in [2.75, 3.05) is 26.7 Å². The van der Waals surface area contributed by atoms with Gasteiger partial charge in [0, 0.05) is 36.2 Å². The van der Waals surface area contributed by atoms with Crippen LogP contribution in [-0.4, -0.2) is 42.6 Å². The van der Waals surface area contributed by atoms with Crippen LogP contribution < -0.4 is 0 Å². The summed E-state index contributed by atoms with van der Waals surface area (Å²) in [5.74, 6) is 1.05. The molecule has 2 aromatic rings. The van der Waals surface area contributed by atoms with E-state index in [1.165, 1.54) is 37.4 Å². The zero-order valence-electron chi connectivity index (χ0n) is 15.3. The van der Waals surface area contributed by atoms with E-state index < -0.39 is 0 Å². The number of carbonyl (C=O) groups is 1. The van der Waals surface area contributed by atoms with Crippen LogP contribution in [0, 0.1) is 11.8 Å². The summed E-state index contributed by atoms with van der Waals surface area (Å²) in [6.45, 7) is 5.69. The normalized spacial score (nSPS) is 29.4. The maximum atomic E-state index is 12.6. The molecule has 0 amide bonds. The minimum Gasteiger partial charge on any atom is -0.469 e. The van der Waals surface area contributed by atoms with Crippen LogP contribution in [0.25, 0.3) is 10.9 Å². The number of nitrogens with one attached hydrogen (secondary N) is 1. The van der Waals surface area contributed by atoms with E-state index in [9.17, 15) is 4.79 Å². The van der Waals surface area contributed by atoms with Gasteiger partial charge in [-0.15, -0.1) is 0 Å². The van der Waals surface area contributed by atoms with Crippen LogP contribution in [0.5, 0.6) is 0 Å². The van der Waals surface area contributed by atoms with Gasteiger partial charge in [-0.25, -0.2) is 0 Å².